The fraction of sp³-hybridized carbons (Fsp3) is 0.333. The molecule has 0 saturated carbocycles. The summed E-state index contributed by atoms with van der Waals surface area (Å²) in [7, 11) is 0. The predicted octanol–water partition coefficient (Wildman–Crippen LogP) is 3.58. The summed E-state index contributed by atoms with van der Waals surface area (Å²) in [5.41, 5.74) is 4.11. The van der Waals surface area contributed by atoms with Gasteiger partial charge in [-0.05, 0) is 36.5 Å². The third kappa shape index (κ3) is 2.38. The van der Waals surface area contributed by atoms with Crippen LogP contribution in [-0.2, 0) is 13.0 Å². The summed E-state index contributed by atoms with van der Waals surface area (Å²) in [4.78, 5) is 0. The van der Waals surface area contributed by atoms with Gasteiger partial charge in [-0.2, -0.15) is 0 Å². The third-order valence-electron chi connectivity index (χ3n) is 4.39. The van der Waals surface area contributed by atoms with Gasteiger partial charge in [-0.15, -0.1) is 0 Å². The van der Waals surface area contributed by atoms with Crippen molar-refractivity contribution in [2.75, 3.05) is 6.79 Å². The molecule has 0 saturated heterocycles. The first-order chi connectivity index (χ1) is 10.4. The van der Waals surface area contributed by atoms with Crippen molar-refractivity contribution < 1.29 is 9.47 Å². The molecule has 0 amide bonds. The number of hydrogen-bond donors (Lipinski definition) is 1. The van der Waals surface area contributed by atoms with E-state index in [1.807, 2.05) is 12.1 Å². The van der Waals surface area contributed by atoms with E-state index in [9.17, 15) is 0 Å². The molecule has 3 nitrogen and oxygen atoms in total. The molecule has 1 aliphatic carbocycles. The lowest BCUT2D eigenvalue weighted by Crippen LogP contribution is -2.24. The fourth-order valence-electron chi connectivity index (χ4n) is 3.33. The van der Waals surface area contributed by atoms with Gasteiger partial charge >= 0.3 is 0 Å². The quantitative estimate of drug-likeness (QED) is 0.932. The van der Waals surface area contributed by atoms with Gasteiger partial charge in [0.25, 0.3) is 0 Å². The number of rotatable bonds is 3. The molecule has 0 bridgehead atoms. The van der Waals surface area contributed by atoms with Crippen molar-refractivity contribution in [1.82, 2.24) is 5.32 Å². The smallest absolute Gasteiger partial charge is 0.231 e. The highest BCUT2D eigenvalue weighted by atomic mass is 16.7. The van der Waals surface area contributed by atoms with E-state index in [4.69, 9.17) is 9.47 Å². The number of benzene rings is 2. The van der Waals surface area contributed by atoms with Crippen LogP contribution in [0.1, 0.15) is 35.6 Å². The van der Waals surface area contributed by atoms with Crippen molar-refractivity contribution in [2.24, 2.45) is 0 Å². The summed E-state index contributed by atoms with van der Waals surface area (Å²) in [6.45, 7) is 1.14. The zero-order valence-corrected chi connectivity index (χ0v) is 12.0. The summed E-state index contributed by atoms with van der Waals surface area (Å²) >= 11 is 0. The van der Waals surface area contributed by atoms with E-state index in [-0.39, 0.29) is 0 Å². The first-order valence-electron chi connectivity index (χ1n) is 7.60. The summed E-state index contributed by atoms with van der Waals surface area (Å²) in [5.74, 6) is 1.76. The topological polar surface area (TPSA) is 30.5 Å². The molecular formula is C18H19NO2. The summed E-state index contributed by atoms with van der Waals surface area (Å²) in [5, 5.41) is 3.69. The highest BCUT2D eigenvalue weighted by Crippen LogP contribution is 2.36. The van der Waals surface area contributed by atoms with Crippen molar-refractivity contribution in [2.45, 2.75) is 31.8 Å². The summed E-state index contributed by atoms with van der Waals surface area (Å²) in [6.07, 6.45) is 3.65. The zero-order valence-electron chi connectivity index (χ0n) is 12.0. The second-order valence-corrected chi connectivity index (χ2v) is 5.68. The Kier molecular flexibility index (Phi) is 3.28. The van der Waals surface area contributed by atoms with Crippen LogP contribution in [0.2, 0.25) is 0 Å². The molecule has 1 N–H and O–H groups in total. The second kappa shape index (κ2) is 5.41. The van der Waals surface area contributed by atoms with Gasteiger partial charge in [0.15, 0.2) is 11.5 Å². The van der Waals surface area contributed by atoms with Crippen LogP contribution in [0.3, 0.4) is 0 Å². The average molecular weight is 281 g/mol. The van der Waals surface area contributed by atoms with E-state index in [1.54, 1.807) is 0 Å². The van der Waals surface area contributed by atoms with Crippen molar-refractivity contribution >= 4 is 0 Å². The van der Waals surface area contributed by atoms with E-state index in [1.165, 1.54) is 36.0 Å². The lowest BCUT2D eigenvalue weighted by atomic mass is 9.87. The molecule has 0 aromatic heterocycles. The van der Waals surface area contributed by atoms with Gasteiger partial charge in [0.1, 0.15) is 0 Å². The Balaban J connectivity index is 1.52. The predicted molar refractivity (Wildman–Crippen MR) is 81.5 cm³/mol. The number of para-hydroxylation sites is 1. The Labute approximate surface area is 124 Å². The molecule has 4 rings (SSSR count). The third-order valence-corrected chi connectivity index (χ3v) is 4.39. The standard InChI is InChI=1S/C18H19NO2/c1-2-8-15-13(5-1)6-3-9-16(15)19-11-14-7-4-10-17-18(14)21-12-20-17/h1-2,4-5,7-8,10,16,19H,3,6,9,11-12H2. The maximum Gasteiger partial charge on any atom is 0.231 e. The fourth-order valence-corrected chi connectivity index (χ4v) is 3.33. The molecule has 0 spiro atoms. The van der Waals surface area contributed by atoms with Crippen LogP contribution >= 0.6 is 0 Å². The Morgan fingerprint density at radius 2 is 2.00 bits per heavy atom. The largest absolute Gasteiger partial charge is 0.454 e. The maximum atomic E-state index is 5.58. The Hall–Kier alpha value is -2.00. The van der Waals surface area contributed by atoms with Gasteiger partial charge in [-0.25, -0.2) is 0 Å². The zero-order chi connectivity index (χ0) is 14.1. The first-order valence-corrected chi connectivity index (χ1v) is 7.60. The van der Waals surface area contributed by atoms with E-state index in [0.717, 1.165) is 18.0 Å². The van der Waals surface area contributed by atoms with Crippen LogP contribution in [0.5, 0.6) is 11.5 Å². The van der Waals surface area contributed by atoms with Crippen LogP contribution in [-0.4, -0.2) is 6.79 Å². The molecule has 2 aromatic rings. The number of ether oxygens (including phenoxy) is 2. The summed E-state index contributed by atoms with van der Waals surface area (Å²) in [6, 6.07) is 15.3. The average Bonchev–Trinajstić information content (AvgIpc) is 3.02. The molecule has 3 heteroatoms. The molecule has 2 aliphatic rings. The normalized spacial score (nSPS) is 19.3. The van der Waals surface area contributed by atoms with Crippen LogP contribution in [0, 0.1) is 0 Å². The second-order valence-electron chi connectivity index (χ2n) is 5.68. The SMILES string of the molecule is c1ccc2c(c1)CCCC2NCc1cccc2c1OCO2. The molecule has 0 radical (unpaired) electrons. The molecule has 1 aliphatic heterocycles. The van der Waals surface area contributed by atoms with Crippen molar-refractivity contribution in [3.05, 3.63) is 59.2 Å². The lowest BCUT2D eigenvalue weighted by molar-refractivity contribution is 0.173. The monoisotopic (exact) mass is 281 g/mol. The van der Waals surface area contributed by atoms with Gasteiger partial charge < -0.3 is 14.8 Å². The van der Waals surface area contributed by atoms with Gasteiger partial charge in [-0.1, -0.05) is 36.4 Å². The van der Waals surface area contributed by atoms with Crippen LogP contribution in [0.15, 0.2) is 42.5 Å². The van der Waals surface area contributed by atoms with Gasteiger partial charge in [0, 0.05) is 18.2 Å². The number of nitrogens with one attached hydrogen (secondary N) is 1. The van der Waals surface area contributed by atoms with Crippen molar-refractivity contribution in [3.63, 3.8) is 0 Å². The molecule has 21 heavy (non-hydrogen) atoms. The minimum Gasteiger partial charge on any atom is -0.454 e. The molecule has 1 heterocycles. The Morgan fingerprint density at radius 3 is 3.00 bits per heavy atom. The highest BCUT2D eigenvalue weighted by molar-refractivity contribution is 5.48. The molecule has 1 unspecified atom stereocenters. The van der Waals surface area contributed by atoms with E-state index >= 15 is 0 Å². The first kappa shape index (κ1) is 12.7. The highest BCUT2D eigenvalue weighted by Gasteiger charge is 2.21. The molecular weight excluding hydrogens is 262 g/mol. The van der Waals surface area contributed by atoms with Crippen LogP contribution < -0.4 is 14.8 Å². The minimum atomic E-state index is 0.332. The molecule has 1 atom stereocenters. The van der Waals surface area contributed by atoms with Crippen LogP contribution in [0.4, 0.5) is 0 Å². The molecule has 2 aromatic carbocycles. The molecule has 108 valence electrons. The van der Waals surface area contributed by atoms with Crippen molar-refractivity contribution in [1.29, 1.82) is 0 Å². The van der Waals surface area contributed by atoms with Gasteiger partial charge in [0.05, 0.1) is 0 Å². The number of fused-ring (bicyclic) bond motifs is 2. The van der Waals surface area contributed by atoms with E-state index in [2.05, 4.69) is 35.6 Å². The number of hydrogen-bond acceptors (Lipinski definition) is 3. The van der Waals surface area contributed by atoms with Crippen molar-refractivity contribution in [3.8, 4) is 11.5 Å². The molecule has 0 fully saturated rings. The van der Waals surface area contributed by atoms with E-state index < -0.39 is 0 Å². The Morgan fingerprint density at radius 1 is 1.05 bits per heavy atom. The maximum absolute atomic E-state index is 5.58. The van der Waals surface area contributed by atoms with Gasteiger partial charge in [0.2, 0.25) is 6.79 Å². The summed E-state index contributed by atoms with van der Waals surface area (Å²) < 4.78 is 11.0. The lowest BCUT2D eigenvalue weighted by Gasteiger charge is -2.26. The Bertz CT molecular complexity index is 653. The van der Waals surface area contributed by atoms with Crippen LogP contribution in [0.25, 0.3) is 0 Å². The van der Waals surface area contributed by atoms with E-state index in [0.29, 0.717) is 12.8 Å². The van der Waals surface area contributed by atoms with Gasteiger partial charge in [-0.3, -0.25) is 0 Å². The minimum absolute atomic E-state index is 0.332. The number of aryl methyl sites for hydroxylation is 1.